The standard InChI is InChI=1S/C11H18N2/c1-11(2,6-8-12-3)10-5-4-7-13-9-10/h4-5,7,9,12H,6,8H2,1-3H3. The number of aromatic nitrogens is 1. The largest absolute Gasteiger partial charge is 0.320 e. The Morgan fingerprint density at radius 1 is 1.46 bits per heavy atom. The van der Waals surface area contributed by atoms with E-state index >= 15 is 0 Å². The molecule has 0 fully saturated rings. The van der Waals surface area contributed by atoms with Gasteiger partial charge in [0.05, 0.1) is 0 Å². The lowest BCUT2D eigenvalue weighted by molar-refractivity contribution is 0.467. The van der Waals surface area contributed by atoms with Crippen molar-refractivity contribution in [3.63, 3.8) is 0 Å². The van der Waals surface area contributed by atoms with E-state index in [0.717, 1.165) is 13.0 Å². The predicted octanol–water partition coefficient (Wildman–Crippen LogP) is 1.97. The molecule has 0 atom stereocenters. The monoisotopic (exact) mass is 178 g/mol. The van der Waals surface area contributed by atoms with E-state index in [-0.39, 0.29) is 5.41 Å². The van der Waals surface area contributed by atoms with Crippen LogP contribution in [0.3, 0.4) is 0 Å². The van der Waals surface area contributed by atoms with Crippen LogP contribution in [0.4, 0.5) is 0 Å². The summed E-state index contributed by atoms with van der Waals surface area (Å²) in [6.07, 6.45) is 4.91. The molecule has 0 saturated heterocycles. The van der Waals surface area contributed by atoms with Crippen molar-refractivity contribution in [2.24, 2.45) is 0 Å². The Morgan fingerprint density at radius 2 is 2.23 bits per heavy atom. The van der Waals surface area contributed by atoms with E-state index in [1.807, 2.05) is 25.5 Å². The lowest BCUT2D eigenvalue weighted by atomic mass is 9.82. The Bertz CT molecular complexity index is 242. The van der Waals surface area contributed by atoms with E-state index in [0.29, 0.717) is 0 Å². The van der Waals surface area contributed by atoms with Gasteiger partial charge in [0.1, 0.15) is 0 Å². The Balaban J connectivity index is 2.69. The molecule has 0 spiro atoms. The molecule has 0 aliphatic rings. The predicted molar refractivity (Wildman–Crippen MR) is 55.8 cm³/mol. The number of hydrogen-bond donors (Lipinski definition) is 1. The number of rotatable bonds is 4. The number of hydrogen-bond acceptors (Lipinski definition) is 2. The molecule has 1 heterocycles. The van der Waals surface area contributed by atoms with Crippen molar-refractivity contribution in [1.29, 1.82) is 0 Å². The van der Waals surface area contributed by atoms with Crippen LogP contribution in [0.2, 0.25) is 0 Å². The number of pyridine rings is 1. The summed E-state index contributed by atoms with van der Waals surface area (Å²) < 4.78 is 0. The first-order valence-electron chi connectivity index (χ1n) is 4.72. The van der Waals surface area contributed by atoms with Crippen molar-refractivity contribution in [3.05, 3.63) is 30.1 Å². The Morgan fingerprint density at radius 3 is 2.77 bits per heavy atom. The third-order valence-corrected chi connectivity index (χ3v) is 2.44. The van der Waals surface area contributed by atoms with Crippen LogP contribution in [0.5, 0.6) is 0 Å². The zero-order chi connectivity index (χ0) is 9.73. The highest BCUT2D eigenvalue weighted by atomic mass is 14.8. The maximum absolute atomic E-state index is 4.14. The summed E-state index contributed by atoms with van der Waals surface area (Å²) in [6.45, 7) is 5.55. The molecule has 1 aromatic rings. The SMILES string of the molecule is CNCCC(C)(C)c1cccnc1. The second kappa shape index (κ2) is 4.38. The van der Waals surface area contributed by atoms with E-state index in [2.05, 4.69) is 30.2 Å². The molecule has 1 aromatic heterocycles. The molecule has 0 aromatic carbocycles. The van der Waals surface area contributed by atoms with Crippen LogP contribution in [-0.4, -0.2) is 18.6 Å². The summed E-state index contributed by atoms with van der Waals surface area (Å²) in [5.74, 6) is 0. The first-order chi connectivity index (χ1) is 6.17. The fourth-order valence-corrected chi connectivity index (χ4v) is 1.34. The lowest BCUT2D eigenvalue weighted by Crippen LogP contribution is -2.23. The van der Waals surface area contributed by atoms with Crippen LogP contribution in [0, 0.1) is 0 Å². The fraction of sp³-hybridized carbons (Fsp3) is 0.545. The van der Waals surface area contributed by atoms with Crippen molar-refractivity contribution in [2.45, 2.75) is 25.7 Å². The Kier molecular flexibility index (Phi) is 3.43. The summed E-state index contributed by atoms with van der Waals surface area (Å²) in [5.41, 5.74) is 1.53. The van der Waals surface area contributed by atoms with Crippen LogP contribution in [0.1, 0.15) is 25.8 Å². The minimum atomic E-state index is 0.220. The van der Waals surface area contributed by atoms with Gasteiger partial charge in [0, 0.05) is 12.4 Å². The minimum absolute atomic E-state index is 0.220. The molecule has 0 saturated carbocycles. The maximum atomic E-state index is 4.14. The van der Waals surface area contributed by atoms with Crippen LogP contribution < -0.4 is 5.32 Å². The Labute approximate surface area is 80.4 Å². The highest BCUT2D eigenvalue weighted by molar-refractivity contribution is 5.19. The summed E-state index contributed by atoms with van der Waals surface area (Å²) in [4.78, 5) is 4.14. The highest BCUT2D eigenvalue weighted by Gasteiger charge is 2.19. The van der Waals surface area contributed by atoms with Gasteiger partial charge in [-0.3, -0.25) is 4.98 Å². The zero-order valence-corrected chi connectivity index (χ0v) is 8.67. The molecule has 0 bridgehead atoms. The molecular weight excluding hydrogens is 160 g/mol. The minimum Gasteiger partial charge on any atom is -0.320 e. The average Bonchev–Trinajstić information content (AvgIpc) is 2.16. The van der Waals surface area contributed by atoms with Gasteiger partial charge >= 0.3 is 0 Å². The average molecular weight is 178 g/mol. The molecule has 0 unspecified atom stereocenters. The van der Waals surface area contributed by atoms with Crippen molar-refractivity contribution in [2.75, 3.05) is 13.6 Å². The molecule has 72 valence electrons. The maximum Gasteiger partial charge on any atom is 0.0305 e. The van der Waals surface area contributed by atoms with Gasteiger partial charge in [0.25, 0.3) is 0 Å². The fourth-order valence-electron chi connectivity index (χ4n) is 1.34. The molecule has 0 aliphatic heterocycles. The molecule has 2 heteroatoms. The lowest BCUT2D eigenvalue weighted by Gasteiger charge is -2.24. The summed E-state index contributed by atoms with van der Waals surface area (Å²) in [5, 5.41) is 3.17. The van der Waals surface area contributed by atoms with Crippen molar-refractivity contribution >= 4 is 0 Å². The van der Waals surface area contributed by atoms with E-state index in [1.54, 1.807) is 0 Å². The van der Waals surface area contributed by atoms with E-state index in [4.69, 9.17) is 0 Å². The van der Waals surface area contributed by atoms with Gasteiger partial charge in [-0.05, 0) is 37.1 Å². The van der Waals surface area contributed by atoms with Gasteiger partial charge in [-0.2, -0.15) is 0 Å². The molecule has 0 aliphatic carbocycles. The third kappa shape index (κ3) is 2.81. The van der Waals surface area contributed by atoms with Gasteiger partial charge in [0.15, 0.2) is 0 Å². The smallest absolute Gasteiger partial charge is 0.0305 e. The number of nitrogens with zero attached hydrogens (tertiary/aromatic N) is 1. The topological polar surface area (TPSA) is 24.9 Å². The van der Waals surface area contributed by atoms with Gasteiger partial charge in [-0.25, -0.2) is 0 Å². The molecule has 1 N–H and O–H groups in total. The van der Waals surface area contributed by atoms with Gasteiger partial charge in [-0.15, -0.1) is 0 Å². The second-order valence-electron chi connectivity index (χ2n) is 3.98. The highest BCUT2D eigenvalue weighted by Crippen LogP contribution is 2.25. The van der Waals surface area contributed by atoms with Crippen LogP contribution in [0.15, 0.2) is 24.5 Å². The summed E-state index contributed by atoms with van der Waals surface area (Å²) in [6, 6.07) is 4.14. The number of nitrogens with one attached hydrogen (secondary N) is 1. The third-order valence-electron chi connectivity index (χ3n) is 2.44. The summed E-state index contributed by atoms with van der Waals surface area (Å²) in [7, 11) is 1.99. The first kappa shape index (κ1) is 10.2. The van der Waals surface area contributed by atoms with E-state index in [1.165, 1.54) is 5.56 Å². The molecular formula is C11H18N2. The second-order valence-corrected chi connectivity index (χ2v) is 3.98. The molecule has 1 rings (SSSR count). The van der Waals surface area contributed by atoms with Crippen molar-refractivity contribution in [1.82, 2.24) is 10.3 Å². The van der Waals surface area contributed by atoms with Gasteiger partial charge in [0.2, 0.25) is 0 Å². The van der Waals surface area contributed by atoms with E-state index in [9.17, 15) is 0 Å². The molecule has 13 heavy (non-hydrogen) atoms. The van der Waals surface area contributed by atoms with E-state index < -0.39 is 0 Å². The van der Waals surface area contributed by atoms with Crippen LogP contribution in [0.25, 0.3) is 0 Å². The first-order valence-corrected chi connectivity index (χ1v) is 4.72. The normalized spacial score (nSPS) is 11.6. The van der Waals surface area contributed by atoms with Crippen LogP contribution in [-0.2, 0) is 5.41 Å². The Hall–Kier alpha value is -0.890. The van der Waals surface area contributed by atoms with Gasteiger partial charge in [-0.1, -0.05) is 19.9 Å². The van der Waals surface area contributed by atoms with Crippen LogP contribution >= 0.6 is 0 Å². The van der Waals surface area contributed by atoms with Crippen molar-refractivity contribution < 1.29 is 0 Å². The molecule has 0 amide bonds. The molecule has 0 radical (unpaired) electrons. The molecule has 2 nitrogen and oxygen atoms in total. The zero-order valence-electron chi connectivity index (χ0n) is 8.67. The van der Waals surface area contributed by atoms with Gasteiger partial charge < -0.3 is 5.32 Å². The quantitative estimate of drug-likeness (QED) is 0.762. The van der Waals surface area contributed by atoms with Crippen molar-refractivity contribution in [3.8, 4) is 0 Å². The summed E-state index contributed by atoms with van der Waals surface area (Å²) >= 11 is 0.